The van der Waals surface area contributed by atoms with Gasteiger partial charge >= 0.3 is 5.97 Å². The van der Waals surface area contributed by atoms with Crippen molar-refractivity contribution in [1.29, 1.82) is 0 Å². The van der Waals surface area contributed by atoms with Crippen LogP contribution < -0.4 is 5.73 Å². The number of nitrogens with two attached hydrogens (primary N) is 1. The molecule has 0 aromatic rings. The lowest BCUT2D eigenvalue weighted by Crippen LogP contribution is -2.37. The van der Waals surface area contributed by atoms with Crippen molar-refractivity contribution in [3.8, 4) is 0 Å². The molecule has 0 heterocycles. The molecule has 1 atom stereocenters. The van der Waals surface area contributed by atoms with Crippen LogP contribution in [0.2, 0.25) is 0 Å². The van der Waals surface area contributed by atoms with Gasteiger partial charge in [0.25, 0.3) is 0 Å². The van der Waals surface area contributed by atoms with Gasteiger partial charge in [-0.15, -0.1) is 0 Å². The number of hydrogen-bond acceptors (Lipinski definition) is 4. The summed E-state index contributed by atoms with van der Waals surface area (Å²) in [5.41, 5.74) is 5.42. The summed E-state index contributed by atoms with van der Waals surface area (Å²) in [5, 5.41) is 8.50. The minimum absolute atomic E-state index is 0.0685. The van der Waals surface area contributed by atoms with Crippen LogP contribution in [0.1, 0.15) is 25.7 Å². The molecule has 12 heavy (non-hydrogen) atoms. The fourth-order valence-electron chi connectivity index (χ4n) is 0.997. The molecule has 4 heteroatoms. The van der Waals surface area contributed by atoms with E-state index in [-0.39, 0.29) is 25.1 Å². The lowest BCUT2D eigenvalue weighted by atomic mass is 9.96. The lowest BCUT2D eigenvalue weighted by molar-refractivity contribution is -0.154. The molecule has 0 aromatic carbocycles. The molecule has 1 saturated carbocycles. The molecule has 0 aromatic heterocycles. The highest BCUT2D eigenvalue weighted by Gasteiger charge is 2.24. The molecule has 3 N–H and O–H groups in total. The number of carbonyl (C=O) groups excluding carboxylic acids is 1. The van der Waals surface area contributed by atoms with Crippen LogP contribution in [0.3, 0.4) is 0 Å². The van der Waals surface area contributed by atoms with Gasteiger partial charge in [-0.1, -0.05) is 0 Å². The van der Waals surface area contributed by atoms with Gasteiger partial charge in [0.15, 0.2) is 0 Å². The number of carbonyl (C=O) groups is 1. The molecule has 0 spiro atoms. The van der Waals surface area contributed by atoms with Gasteiger partial charge in [-0.05, 0) is 25.7 Å². The van der Waals surface area contributed by atoms with Gasteiger partial charge in [-0.3, -0.25) is 4.79 Å². The van der Waals surface area contributed by atoms with Crippen LogP contribution >= 0.6 is 0 Å². The molecule has 0 aliphatic heterocycles. The highest BCUT2D eigenvalue weighted by molar-refractivity contribution is 5.75. The van der Waals surface area contributed by atoms with E-state index in [0.29, 0.717) is 0 Å². The molecule has 4 nitrogen and oxygen atoms in total. The molecular weight excluding hydrogens is 158 g/mol. The first-order valence-corrected chi connectivity index (χ1v) is 4.31. The zero-order chi connectivity index (χ0) is 8.97. The predicted molar refractivity (Wildman–Crippen MR) is 43.4 cm³/mol. The predicted octanol–water partition coefficient (Wildman–Crippen LogP) is -0.208. The van der Waals surface area contributed by atoms with Crippen molar-refractivity contribution in [2.75, 3.05) is 6.61 Å². The van der Waals surface area contributed by atoms with Crippen molar-refractivity contribution in [3.05, 3.63) is 0 Å². The van der Waals surface area contributed by atoms with Gasteiger partial charge in [0.05, 0.1) is 0 Å². The standard InChI is InChI=1S/C8H15NO3/c9-7(4-5-10)8(11)12-6-2-1-3-6/h6-7,10H,1-5,9H2. The second-order valence-electron chi connectivity index (χ2n) is 3.11. The van der Waals surface area contributed by atoms with Crippen LogP contribution in [0.4, 0.5) is 0 Å². The monoisotopic (exact) mass is 173 g/mol. The first kappa shape index (κ1) is 9.48. The molecule has 70 valence electrons. The van der Waals surface area contributed by atoms with Crippen LogP contribution in [-0.4, -0.2) is 29.8 Å². The number of hydrogen-bond donors (Lipinski definition) is 2. The third-order valence-electron chi connectivity index (χ3n) is 2.08. The zero-order valence-electron chi connectivity index (χ0n) is 7.03. The summed E-state index contributed by atoms with van der Waals surface area (Å²) < 4.78 is 5.03. The molecule has 0 saturated heterocycles. The summed E-state index contributed by atoms with van der Waals surface area (Å²) in [7, 11) is 0. The molecule has 1 rings (SSSR count). The molecule has 0 radical (unpaired) electrons. The topological polar surface area (TPSA) is 72.5 Å². The molecule has 1 aliphatic rings. The smallest absolute Gasteiger partial charge is 0.323 e. The summed E-state index contributed by atoms with van der Waals surface area (Å²) in [5.74, 6) is -0.381. The highest BCUT2D eigenvalue weighted by Crippen LogP contribution is 2.22. The third kappa shape index (κ3) is 2.46. The highest BCUT2D eigenvalue weighted by atomic mass is 16.5. The SMILES string of the molecule is NC(CCO)C(=O)OC1CCC1. The summed E-state index contributed by atoms with van der Waals surface area (Å²) >= 11 is 0. The van der Waals surface area contributed by atoms with Crippen LogP contribution in [-0.2, 0) is 9.53 Å². The summed E-state index contributed by atoms with van der Waals surface area (Å²) in [6.45, 7) is -0.0685. The first-order valence-electron chi connectivity index (χ1n) is 4.31. The average molecular weight is 173 g/mol. The molecule has 1 aliphatic carbocycles. The quantitative estimate of drug-likeness (QED) is 0.577. The Morgan fingerprint density at radius 1 is 1.67 bits per heavy atom. The van der Waals surface area contributed by atoms with Gasteiger partial charge < -0.3 is 15.6 Å². The van der Waals surface area contributed by atoms with Gasteiger partial charge in [-0.2, -0.15) is 0 Å². The Labute approximate surface area is 71.7 Å². The van der Waals surface area contributed by atoms with Crippen LogP contribution in [0, 0.1) is 0 Å². The number of ether oxygens (including phenoxy) is 1. The van der Waals surface area contributed by atoms with Gasteiger partial charge in [0.1, 0.15) is 12.1 Å². The second-order valence-corrected chi connectivity index (χ2v) is 3.11. The van der Waals surface area contributed by atoms with Crippen molar-refractivity contribution in [2.45, 2.75) is 37.8 Å². The Bertz CT molecular complexity index is 156. The van der Waals surface area contributed by atoms with Gasteiger partial charge in [0, 0.05) is 6.61 Å². The fraction of sp³-hybridized carbons (Fsp3) is 0.875. The van der Waals surface area contributed by atoms with E-state index in [1.807, 2.05) is 0 Å². The van der Waals surface area contributed by atoms with E-state index in [9.17, 15) is 4.79 Å². The minimum atomic E-state index is -0.657. The number of esters is 1. The first-order chi connectivity index (χ1) is 5.74. The Morgan fingerprint density at radius 3 is 2.75 bits per heavy atom. The van der Waals surface area contributed by atoms with E-state index in [0.717, 1.165) is 19.3 Å². The Balaban J connectivity index is 2.16. The van der Waals surface area contributed by atoms with Crippen molar-refractivity contribution in [3.63, 3.8) is 0 Å². The summed E-state index contributed by atoms with van der Waals surface area (Å²) in [6, 6.07) is -0.657. The third-order valence-corrected chi connectivity index (χ3v) is 2.08. The number of aliphatic hydroxyl groups is 1. The van der Waals surface area contributed by atoms with Crippen LogP contribution in [0.5, 0.6) is 0 Å². The largest absolute Gasteiger partial charge is 0.461 e. The minimum Gasteiger partial charge on any atom is -0.461 e. The molecule has 0 bridgehead atoms. The lowest BCUT2D eigenvalue weighted by Gasteiger charge is -2.26. The fourth-order valence-corrected chi connectivity index (χ4v) is 0.997. The van der Waals surface area contributed by atoms with Crippen LogP contribution in [0.15, 0.2) is 0 Å². The summed E-state index contributed by atoms with van der Waals surface area (Å²) in [4.78, 5) is 11.1. The maximum atomic E-state index is 11.1. The van der Waals surface area contributed by atoms with E-state index in [1.165, 1.54) is 0 Å². The van der Waals surface area contributed by atoms with Gasteiger partial charge in [0.2, 0.25) is 0 Å². The number of rotatable bonds is 4. The van der Waals surface area contributed by atoms with Gasteiger partial charge in [-0.25, -0.2) is 0 Å². The zero-order valence-corrected chi connectivity index (χ0v) is 7.03. The molecular formula is C8H15NO3. The second kappa shape index (κ2) is 4.42. The van der Waals surface area contributed by atoms with Crippen molar-refractivity contribution >= 4 is 5.97 Å². The van der Waals surface area contributed by atoms with E-state index in [4.69, 9.17) is 15.6 Å². The average Bonchev–Trinajstić information content (AvgIpc) is 1.97. The van der Waals surface area contributed by atoms with E-state index >= 15 is 0 Å². The number of aliphatic hydroxyl groups excluding tert-OH is 1. The Hall–Kier alpha value is -0.610. The molecule has 1 unspecified atom stereocenters. The van der Waals surface area contributed by atoms with E-state index in [2.05, 4.69) is 0 Å². The molecule has 1 fully saturated rings. The maximum Gasteiger partial charge on any atom is 0.323 e. The molecule has 0 amide bonds. The van der Waals surface area contributed by atoms with Crippen molar-refractivity contribution in [2.24, 2.45) is 5.73 Å². The Kier molecular flexibility index (Phi) is 3.49. The van der Waals surface area contributed by atoms with Crippen molar-refractivity contribution < 1.29 is 14.6 Å². The Morgan fingerprint density at radius 2 is 2.33 bits per heavy atom. The normalized spacial score (nSPS) is 19.8. The van der Waals surface area contributed by atoms with E-state index < -0.39 is 6.04 Å². The van der Waals surface area contributed by atoms with Crippen LogP contribution in [0.25, 0.3) is 0 Å². The van der Waals surface area contributed by atoms with E-state index in [1.54, 1.807) is 0 Å². The van der Waals surface area contributed by atoms with Crippen molar-refractivity contribution in [1.82, 2.24) is 0 Å². The summed E-state index contributed by atoms with van der Waals surface area (Å²) in [6.07, 6.45) is 3.41. The maximum absolute atomic E-state index is 11.1.